The van der Waals surface area contributed by atoms with Gasteiger partial charge in [0.1, 0.15) is 0 Å². The van der Waals surface area contributed by atoms with Crippen molar-refractivity contribution in [1.82, 2.24) is 0 Å². The number of hydrogen-bond donors (Lipinski definition) is 0. The van der Waals surface area contributed by atoms with Gasteiger partial charge in [-0.1, -0.05) is 0 Å². The van der Waals surface area contributed by atoms with Gasteiger partial charge >= 0.3 is 296 Å². The van der Waals surface area contributed by atoms with Gasteiger partial charge < -0.3 is 288 Å². The molecule has 0 saturated carbocycles. The Labute approximate surface area is 574 Å². The number of rotatable bonds is 0. The topological polar surface area (TPSA) is 1580 Å². The van der Waals surface area contributed by atoms with E-state index in [-0.39, 0.29) is 584 Å². The molecule has 0 amide bonds. The molecule has 0 rings (SSSR count). The van der Waals surface area contributed by atoms with Crippen LogP contribution in [0.1, 0.15) is 14.3 Å². The molecule has 0 aromatic rings. The van der Waals surface area contributed by atoms with E-state index in [1.807, 2.05) is 0 Å². The second kappa shape index (κ2) is 4560. The van der Waals surface area contributed by atoms with E-state index < -0.39 is 0 Å². The second-order valence-electron chi connectivity index (χ2n) is 0. The molecule has 0 unspecified atom stereocenters. The van der Waals surface area contributed by atoms with Crippen LogP contribution in [0.25, 0.3) is 0 Å². The molecule has 0 aliphatic rings. The minimum atomic E-state index is 0. The molecule has 0 saturated heterocycles. The Kier molecular flexibility index (Phi) is 363000. The van der Waals surface area contributed by atoms with Crippen LogP contribution >= 0.6 is 0 Å². The standard InChI is InChI=1S/10Na.50H2O.10H/h;;;;;;;;;;50*1H2;;;;;;;;;;/q10*+1;;;;;;;;;;;;;;;;;;;;;;;;;;;;;;;;;;;;;;;;;;;;;;;;;;;10*-1. The first-order valence-corrected chi connectivity index (χ1v) is 0. The molecule has 60 heteroatoms. The fourth-order valence-electron chi connectivity index (χ4n) is 0. The normalized spacial score (nSPS) is 0. The Morgan fingerprint density at radius 2 is 0.0500 bits per heavy atom. The zero-order chi connectivity index (χ0) is 0. The summed E-state index contributed by atoms with van der Waals surface area (Å²) in [5, 5.41) is 0. The first kappa shape index (κ1) is 4770. The Morgan fingerprint density at radius 1 is 0.0500 bits per heavy atom. The van der Waals surface area contributed by atoms with Crippen molar-refractivity contribution < 1.29 is 584 Å². The van der Waals surface area contributed by atoms with Crippen LogP contribution in [-0.4, -0.2) is 274 Å². The summed E-state index contributed by atoms with van der Waals surface area (Å²) in [6.45, 7) is 0. The van der Waals surface area contributed by atoms with Gasteiger partial charge in [-0.05, 0) is 0 Å². The van der Waals surface area contributed by atoms with Crippen LogP contribution in [0, 0.1) is 0 Å². The van der Waals surface area contributed by atoms with Gasteiger partial charge in [0, 0.05) is 0 Å². The van der Waals surface area contributed by atoms with Crippen LogP contribution in [0.2, 0.25) is 0 Å². The van der Waals surface area contributed by atoms with Crippen molar-refractivity contribution in [2.24, 2.45) is 0 Å². The van der Waals surface area contributed by atoms with Gasteiger partial charge in [0.25, 0.3) is 0 Å². The van der Waals surface area contributed by atoms with E-state index in [0.717, 1.165) is 0 Å². The molecular formula is H110Na10O50. The summed E-state index contributed by atoms with van der Waals surface area (Å²) < 4.78 is 0. The summed E-state index contributed by atoms with van der Waals surface area (Å²) in [5.41, 5.74) is 0. The zero-order valence-corrected chi connectivity index (χ0v) is 55.0. The van der Waals surface area contributed by atoms with E-state index in [2.05, 4.69) is 0 Å². The van der Waals surface area contributed by atoms with Crippen molar-refractivity contribution in [1.29, 1.82) is 0 Å². The van der Waals surface area contributed by atoms with Gasteiger partial charge in [0.2, 0.25) is 0 Å². The first-order valence-electron chi connectivity index (χ1n) is 0. The SMILES string of the molecule is O.O.O.O.O.O.O.O.O.O.O.O.O.O.O.O.O.O.O.O.O.O.O.O.O.O.O.O.O.O.O.O.O.O.O.O.O.O.O.O.O.O.O.O.O.O.O.O.O.O.[H-].[H-].[H-].[H-].[H-].[H-].[H-].[H-].[H-].[H-].[Na+].[Na+].[Na+].[Na+].[Na+].[Na+].[Na+].[Na+].[Na+].[Na+]. The van der Waals surface area contributed by atoms with E-state index in [1.54, 1.807) is 0 Å². The molecule has 100 N–H and O–H groups in total. The average Bonchev–Trinajstić information content (AvgIpc) is 0. The van der Waals surface area contributed by atoms with Crippen molar-refractivity contribution in [3.8, 4) is 0 Å². The quantitative estimate of drug-likeness (QED) is 0.204. The fourth-order valence-corrected chi connectivity index (χ4v) is 0. The molecule has 0 bridgehead atoms. The fraction of sp³-hybridized carbons (Fsp3) is 0. The summed E-state index contributed by atoms with van der Waals surface area (Å²) in [6.07, 6.45) is 0. The van der Waals surface area contributed by atoms with Gasteiger partial charge in [0.05, 0.1) is 0 Å². The van der Waals surface area contributed by atoms with Crippen molar-refractivity contribution in [3.05, 3.63) is 0 Å². The van der Waals surface area contributed by atoms with Crippen molar-refractivity contribution in [3.63, 3.8) is 0 Å². The van der Waals surface area contributed by atoms with Crippen LogP contribution in [-0.2, 0) is 0 Å². The predicted octanol–water partition coefficient (Wildman–Crippen LogP) is -70.1. The van der Waals surface area contributed by atoms with Crippen LogP contribution in [0.5, 0.6) is 0 Å². The Bertz CT molecular complexity index is 80.4. The molecule has 0 spiro atoms. The third-order valence-corrected chi connectivity index (χ3v) is 0. The molecule has 0 fully saturated rings. The van der Waals surface area contributed by atoms with Gasteiger partial charge in [-0.2, -0.15) is 0 Å². The van der Waals surface area contributed by atoms with Gasteiger partial charge in [-0.15, -0.1) is 0 Å². The van der Waals surface area contributed by atoms with Crippen molar-refractivity contribution >= 4 is 0 Å². The van der Waals surface area contributed by atoms with Crippen LogP contribution in [0.15, 0.2) is 0 Å². The molecule has 0 aliphatic carbocycles. The van der Waals surface area contributed by atoms with Crippen LogP contribution in [0.4, 0.5) is 0 Å². The largest absolute Gasteiger partial charge is 1.00 e. The summed E-state index contributed by atoms with van der Waals surface area (Å²) in [6, 6.07) is 0. The minimum Gasteiger partial charge on any atom is -1.00 e. The molecular weight excluding hydrogens is 1030 g/mol. The van der Waals surface area contributed by atoms with Crippen LogP contribution < -0.4 is 296 Å². The molecule has 420 valence electrons. The molecule has 0 aromatic carbocycles. The maximum Gasteiger partial charge on any atom is 1.00 e. The maximum absolute atomic E-state index is 0. The molecule has 0 radical (unpaired) electrons. The Hall–Kier alpha value is 8.00. The second-order valence-corrected chi connectivity index (χ2v) is 0. The summed E-state index contributed by atoms with van der Waals surface area (Å²) >= 11 is 0. The van der Waals surface area contributed by atoms with Gasteiger partial charge in [-0.25, -0.2) is 0 Å². The third-order valence-electron chi connectivity index (χ3n) is 0. The molecule has 0 aromatic heterocycles. The van der Waals surface area contributed by atoms with Gasteiger partial charge in [0.15, 0.2) is 0 Å². The predicted molar refractivity (Wildman–Crippen MR) is 192 cm³/mol. The molecule has 0 aliphatic heterocycles. The third kappa shape index (κ3) is 4360. The van der Waals surface area contributed by atoms with Crippen molar-refractivity contribution in [2.45, 2.75) is 0 Å². The van der Waals surface area contributed by atoms with E-state index in [9.17, 15) is 0 Å². The average molecular weight is 1140 g/mol. The Balaban J connectivity index is 0. The Morgan fingerprint density at radius 3 is 0.0500 bits per heavy atom. The molecule has 50 nitrogen and oxygen atoms in total. The first-order chi connectivity index (χ1) is 0. The monoisotopic (exact) mass is 1140 g/mol. The number of hydrogen-bond acceptors (Lipinski definition) is 0. The maximum atomic E-state index is 0. The summed E-state index contributed by atoms with van der Waals surface area (Å²) in [4.78, 5) is 0. The summed E-state index contributed by atoms with van der Waals surface area (Å²) in [5.74, 6) is 0. The van der Waals surface area contributed by atoms with Gasteiger partial charge in [-0.3, -0.25) is 0 Å². The van der Waals surface area contributed by atoms with Crippen molar-refractivity contribution in [2.75, 3.05) is 0 Å². The van der Waals surface area contributed by atoms with E-state index in [0.29, 0.717) is 0 Å². The summed E-state index contributed by atoms with van der Waals surface area (Å²) in [7, 11) is 0. The van der Waals surface area contributed by atoms with E-state index in [1.165, 1.54) is 0 Å². The van der Waals surface area contributed by atoms with Crippen LogP contribution in [0.3, 0.4) is 0 Å². The molecule has 0 atom stereocenters. The smallest absolute Gasteiger partial charge is 1.00 e. The minimum absolute atomic E-state index is 0. The molecule has 60 heavy (non-hydrogen) atoms. The molecule has 0 heterocycles. The van der Waals surface area contributed by atoms with E-state index >= 15 is 0 Å². The van der Waals surface area contributed by atoms with E-state index in [4.69, 9.17) is 0 Å². The zero-order valence-electron chi connectivity index (χ0n) is 45.0.